The molecule has 0 N–H and O–H groups in total. The summed E-state index contributed by atoms with van der Waals surface area (Å²) in [5.41, 5.74) is 1.05. The van der Waals surface area contributed by atoms with Crippen LogP contribution in [0.15, 0.2) is 16.8 Å². The van der Waals surface area contributed by atoms with E-state index in [2.05, 4.69) is 4.94 Å². The zero-order valence-electron chi connectivity index (χ0n) is 7.36. The van der Waals surface area contributed by atoms with Crippen LogP contribution in [0, 0.1) is 0 Å². The number of ketones is 1. The summed E-state index contributed by atoms with van der Waals surface area (Å²) in [6.45, 7) is 0. The topological polar surface area (TPSA) is 43.4 Å². The summed E-state index contributed by atoms with van der Waals surface area (Å²) < 4.78 is 11.3. The Kier molecular flexibility index (Phi) is 4.25. The molecule has 1 aromatic rings. The predicted octanol–water partition coefficient (Wildman–Crippen LogP) is 2.07. The summed E-state index contributed by atoms with van der Waals surface area (Å²) in [6.07, 6.45) is 0.342. The minimum atomic E-state index is -1.12. The highest BCUT2D eigenvalue weighted by molar-refractivity contribution is 7.07. The van der Waals surface area contributed by atoms with Gasteiger partial charge in [0.05, 0.1) is 0 Å². The van der Waals surface area contributed by atoms with Crippen LogP contribution >= 0.6 is 11.3 Å². The minimum absolute atomic E-state index is 0.242. The monoisotopic (exact) mass is 216 g/mol. The van der Waals surface area contributed by atoms with E-state index >= 15 is 0 Å². The van der Waals surface area contributed by atoms with Crippen molar-refractivity contribution in [3.63, 3.8) is 0 Å². The summed E-state index contributed by atoms with van der Waals surface area (Å²) in [6, 6.07) is 1.91. The van der Waals surface area contributed by atoms with Crippen LogP contribution in [0.2, 0.25) is 0 Å². The van der Waals surface area contributed by atoms with E-state index in [0.717, 1.165) is 5.56 Å². The van der Waals surface area contributed by atoms with Gasteiger partial charge in [0.1, 0.15) is 12.2 Å². The van der Waals surface area contributed by atoms with Gasteiger partial charge < -0.3 is 0 Å². The average molecular weight is 216 g/mol. The maximum atomic E-state index is 11.3. The smallest absolute Gasteiger partial charge is 0.299 e. The van der Waals surface area contributed by atoms with E-state index in [1.54, 1.807) is 11.3 Å². The molecule has 1 heterocycles. The van der Waals surface area contributed by atoms with E-state index in [4.69, 9.17) is 0 Å². The molecule has 0 bridgehead atoms. The van der Waals surface area contributed by atoms with Crippen molar-refractivity contribution in [3.8, 4) is 0 Å². The first-order valence-electron chi connectivity index (χ1n) is 4.06. The number of halogens is 1. The maximum absolute atomic E-state index is 11.3. The van der Waals surface area contributed by atoms with Crippen molar-refractivity contribution in [3.05, 3.63) is 22.4 Å². The van der Waals surface area contributed by atoms with Gasteiger partial charge in [0, 0.05) is 10.9 Å². The molecule has 0 saturated carbocycles. The van der Waals surface area contributed by atoms with Crippen LogP contribution < -0.4 is 0 Å². The van der Waals surface area contributed by atoms with Crippen LogP contribution in [-0.4, -0.2) is 11.8 Å². The standard InChI is InChI=1S/C9H9FO3S/c10-13-9(12)5-8(11)2-1-7-3-4-14-6-7/h3-4,6H,1-2,5H2. The van der Waals surface area contributed by atoms with Crippen LogP contribution in [0.1, 0.15) is 18.4 Å². The molecule has 1 aromatic heterocycles. The summed E-state index contributed by atoms with van der Waals surface area (Å²) in [7, 11) is 0. The number of aryl methyl sites for hydroxylation is 1. The molecule has 0 unspecified atom stereocenters. The summed E-state index contributed by atoms with van der Waals surface area (Å²) in [5.74, 6) is -1.43. The second kappa shape index (κ2) is 5.49. The van der Waals surface area contributed by atoms with Crippen LogP contribution in [-0.2, 0) is 21.0 Å². The minimum Gasteiger partial charge on any atom is -0.299 e. The molecule has 1 rings (SSSR count). The lowest BCUT2D eigenvalue weighted by molar-refractivity contribution is -0.183. The van der Waals surface area contributed by atoms with Gasteiger partial charge in [-0.25, -0.2) is 4.79 Å². The second-order valence-corrected chi connectivity index (χ2v) is 3.58. The largest absolute Gasteiger partial charge is 0.356 e. The molecule has 5 heteroatoms. The zero-order chi connectivity index (χ0) is 10.4. The molecule has 0 aromatic carbocycles. The van der Waals surface area contributed by atoms with Crippen molar-refractivity contribution >= 4 is 23.1 Å². The normalized spacial score (nSPS) is 9.79. The van der Waals surface area contributed by atoms with Crippen LogP contribution in [0.4, 0.5) is 4.53 Å². The summed E-state index contributed by atoms with van der Waals surface area (Å²) in [4.78, 5) is 24.3. The van der Waals surface area contributed by atoms with Gasteiger partial charge in [0.2, 0.25) is 0 Å². The van der Waals surface area contributed by atoms with Gasteiger partial charge >= 0.3 is 5.97 Å². The Morgan fingerprint density at radius 1 is 1.50 bits per heavy atom. The molecular formula is C9H9FO3S. The molecule has 0 spiro atoms. The van der Waals surface area contributed by atoms with Crippen molar-refractivity contribution in [2.75, 3.05) is 0 Å². The quantitative estimate of drug-likeness (QED) is 0.707. The molecule has 0 aliphatic carbocycles. The van der Waals surface area contributed by atoms with Gasteiger partial charge in [-0.1, -0.05) is 0 Å². The van der Waals surface area contributed by atoms with Gasteiger partial charge in [0.25, 0.3) is 0 Å². The molecule has 0 saturated heterocycles. The van der Waals surface area contributed by atoms with Crippen molar-refractivity contribution in [2.24, 2.45) is 0 Å². The third-order valence-electron chi connectivity index (χ3n) is 1.70. The first kappa shape index (κ1) is 10.8. The Morgan fingerprint density at radius 3 is 2.86 bits per heavy atom. The van der Waals surface area contributed by atoms with Crippen LogP contribution in [0.3, 0.4) is 0 Å². The molecule has 0 atom stereocenters. The first-order chi connectivity index (χ1) is 6.72. The number of carbonyl (C=O) groups is 2. The third-order valence-corrected chi connectivity index (χ3v) is 2.43. The lowest BCUT2D eigenvalue weighted by Crippen LogP contribution is -2.08. The van der Waals surface area contributed by atoms with E-state index in [1.807, 2.05) is 16.8 Å². The van der Waals surface area contributed by atoms with E-state index < -0.39 is 12.4 Å². The average Bonchev–Trinajstić information content (AvgIpc) is 2.67. The molecule has 0 amide bonds. The molecule has 14 heavy (non-hydrogen) atoms. The van der Waals surface area contributed by atoms with E-state index in [1.165, 1.54) is 0 Å². The number of hydrogen-bond acceptors (Lipinski definition) is 4. The highest BCUT2D eigenvalue weighted by Gasteiger charge is 2.11. The van der Waals surface area contributed by atoms with E-state index in [0.29, 0.717) is 6.42 Å². The highest BCUT2D eigenvalue weighted by atomic mass is 32.1. The Morgan fingerprint density at radius 2 is 2.29 bits per heavy atom. The molecule has 0 aliphatic heterocycles. The Hall–Kier alpha value is -1.23. The van der Waals surface area contributed by atoms with Gasteiger partial charge in [-0.15, -0.1) is 0 Å². The molecule has 0 aliphatic rings. The molecule has 3 nitrogen and oxygen atoms in total. The number of carbonyl (C=O) groups excluding carboxylic acids is 2. The predicted molar refractivity (Wildman–Crippen MR) is 49.5 cm³/mol. The highest BCUT2D eigenvalue weighted by Crippen LogP contribution is 2.09. The maximum Gasteiger partial charge on any atom is 0.356 e. The van der Waals surface area contributed by atoms with Crippen molar-refractivity contribution < 1.29 is 19.1 Å². The van der Waals surface area contributed by atoms with Crippen LogP contribution in [0.25, 0.3) is 0 Å². The molecular weight excluding hydrogens is 207 g/mol. The number of rotatable bonds is 5. The van der Waals surface area contributed by atoms with E-state index in [-0.39, 0.29) is 12.2 Å². The summed E-state index contributed by atoms with van der Waals surface area (Å²) >= 11 is 1.55. The van der Waals surface area contributed by atoms with E-state index in [9.17, 15) is 14.1 Å². The second-order valence-electron chi connectivity index (χ2n) is 2.80. The Balaban J connectivity index is 2.25. The Labute approximate surface area is 84.4 Å². The van der Waals surface area contributed by atoms with Gasteiger partial charge in [-0.3, -0.25) is 9.74 Å². The fourth-order valence-electron chi connectivity index (χ4n) is 0.995. The molecule has 76 valence electrons. The van der Waals surface area contributed by atoms with Crippen molar-refractivity contribution in [1.82, 2.24) is 0 Å². The van der Waals surface area contributed by atoms with Crippen LogP contribution in [0.5, 0.6) is 0 Å². The first-order valence-corrected chi connectivity index (χ1v) is 5.01. The summed E-state index contributed by atoms with van der Waals surface area (Å²) in [5, 5.41) is 3.84. The van der Waals surface area contributed by atoms with Gasteiger partial charge in [0.15, 0.2) is 0 Å². The fraction of sp³-hybridized carbons (Fsp3) is 0.333. The van der Waals surface area contributed by atoms with Gasteiger partial charge in [-0.05, 0) is 28.8 Å². The van der Waals surface area contributed by atoms with Crippen molar-refractivity contribution in [1.29, 1.82) is 0 Å². The zero-order valence-corrected chi connectivity index (χ0v) is 8.18. The van der Waals surface area contributed by atoms with Crippen molar-refractivity contribution in [2.45, 2.75) is 19.3 Å². The lowest BCUT2D eigenvalue weighted by Gasteiger charge is -1.96. The number of Topliss-reactive ketones (excluding diaryl/α,β-unsaturated/α-hetero) is 1. The number of thiophene rings is 1. The number of hydrogen-bond donors (Lipinski definition) is 0. The molecule has 0 radical (unpaired) electrons. The SMILES string of the molecule is O=C(CCc1ccsc1)CC(=O)OF. The lowest BCUT2D eigenvalue weighted by atomic mass is 10.1. The fourth-order valence-corrected chi connectivity index (χ4v) is 1.70. The molecule has 0 fully saturated rings. The third kappa shape index (κ3) is 3.66. The Bertz CT molecular complexity index is 308. The van der Waals surface area contributed by atoms with Gasteiger partial charge in [-0.2, -0.15) is 11.3 Å².